The van der Waals surface area contributed by atoms with Crippen molar-refractivity contribution in [3.63, 3.8) is 0 Å². The highest BCUT2D eigenvalue weighted by molar-refractivity contribution is 9.09. The number of halogens is 4. The van der Waals surface area contributed by atoms with E-state index in [-0.39, 0.29) is 22.0 Å². The van der Waals surface area contributed by atoms with Gasteiger partial charge in [-0.25, -0.2) is 0 Å². The Morgan fingerprint density at radius 1 is 1.47 bits per heavy atom. The van der Waals surface area contributed by atoms with E-state index in [1.54, 1.807) is 6.07 Å². The van der Waals surface area contributed by atoms with Crippen LogP contribution in [0.15, 0.2) is 12.1 Å². The molecule has 90 valence electrons. The summed E-state index contributed by atoms with van der Waals surface area (Å²) in [6.07, 6.45) is -4.53. The molecule has 0 aliphatic carbocycles. The standard InChI is InChI=1S/C11H7BrF3NO/c1-6-2-7(5-16)8(10(17)4-12)3-9(6)11(13,14)15/h2-3H,4H2,1H3. The number of carbonyl (C=O) groups is 1. The minimum atomic E-state index is -4.53. The molecule has 1 rings (SSSR count). The number of alkyl halides is 4. The Kier molecular flexibility index (Phi) is 3.94. The van der Waals surface area contributed by atoms with Gasteiger partial charge >= 0.3 is 6.18 Å². The Morgan fingerprint density at radius 2 is 2.06 bits per heavy atom. The Morgan fingerprint density at radius 3 is 2.47 bits per heavy atom. The van der Waals surface area contributed by atoms with Crippen LogP contribution in [0.4, 0.5) is 13.2 Å². The van der Waals surface area contributed by atoms with Crippen LogP contribution in [0.2, 0.25) is 0 Å². The molecule has 0 heterocycles. The van der Waals surface area contributed by atoms with Crippen LogP contribution in [0, 0.1) is 18.3 Å². The lowest BCUT2D eigenvalue weighted by molar-refractivity contribution is -0.138. The van der Waals surface area contributed by atoms with E-state index in [9.17, 15) is 18.0 Å². The number of hydrogen-bond acceptors (Lipinski definition) is 2. The fourth-order valence-electron chi connectivity index (χ4n) is 1.41. The van der Waals surface area contributed by atoms with Gasteiger partial charge in [-0.1, -0.05) is 15.9 Å². The Balaban J connectivity index is 3.50. The molecule has 0 atom stereocenters. The quantitative estimate of drug-likeness (QED) is 0.620. The molecule has 0 radical (unpaired) electrons. The van der Waals surface area contributed by atoms with Crippen molar-refractivity contribution in [3.05, 3.63) is 34.4 Å². The summed E-state index contributed by atoms with van der Waals surface area (Å²) < 4.78 is 37.9. The molecule has 2 nitrogen and oxygen atoms in total. The Bertz CT molecular complexity index is 503. The van der Waals surface area contributed by atoms with Crippen molar-refractivity contribution in [2.45, 2.75) is 13.1 Å². The van der Waals surface area contributed by atoms with Gasteiger partial charge in [-0.2, -0.15) is 18.4 Å². The molecular weight excluding hydrogens is 299 g/mol. The van der Waals surface area contributed by atoms with E-state index in [0.29, 0.717) is 0 Å². The second-order valence-electron chi connectivity index (χ2n) is 3.38. The van der Waals surface area contributed by atoms with Crippen LogP contribution >= 0.6 is 15.9 Å². The topological polar surface area (TPSA) is 40.9 Å². The highest BCUT2D eigenvalue weighted by Gasteiger charge is 2.33. The molecule has 0 spiro atoms. The summed E-state index contributed by atoms with van der Waals surface area (Å²) in [6, 6.07) is 3.54. The summed E-state index contributed by atoms with van der Waals surface area (Å²) >= 11 is 2.87. The van der Waals surface area contributed by atoms with Gasteiger partial charge in [0.15, 0.2) is 5.78 Å². The number of ketones is 1. The lowest BCUT2D eigenvalue weighted by Gasteiger charge is -2.12. The lowest BCUT2D eigenvalue weighted by Crippen LogP contribution is -2.12. The molecule has 0 fully saturated rings. The van der Waals surface area contributed by atoms with Crippen molar-refractivity contribution in [1.82, 2.24) is 0 Å². The SMILES string of the molecule is Cc1cc(C#N)c(C(=O)CBr)cc1C(F)(F)F. The maximum Gasteiger partial charge on any atom is 0.416 e. The summed E-state index contributed by atoms with van der Waals surface area (Å²) in [5.41, 5.74) is -1.21. The number of hydrogen-bond donors (Lipinski definition) is 0. The van der Waals surface area contributed by atoms with Crippen LogP contribution in [0.1, 0.15) is 27.0 Å². The zero-order valence-corrected chi connectivity index (χ0v) is 10.3. The molecule has 0 bridgehead atoms. The smallest absolute Gasteiger partial charge is 0.293 e. The van der Waals surface area contributed by atoms with Crippen molar-refractivity contribution < 1.29 is 18.0 Å². The van der Waals surface area contributed by atoms with Crippen molar-refractivity contribution >= 4 is 21.7 Å². The van der Waals surface area contributed by atoms with E-state index in [0.717, 1.165) is 12.1 Å². The van der Waals surface area contributed by atoms with E-state index in [1.165, 1.54) is 6.92 Å². The predicted octanol–water partition coefficient (Wildman–Crippen LogP) is 3.46. The van der Waals surface area contributed by atoms with Crippen LogP contribution in [-0.2, 0) is 6.18 Å². The largest absolute Gasteiger partial charge is 0.416 e. The summed E-state index contributed by atoms with van der Waals surface area (Å²) in [4.78, 5) is 11.4. The fraction of sp³-hybridized carbons (Fsp3) is 0.273. The van der Waals surface area contributed by atoms with E-state index in [4.69, 9.17) is 5.26 Å². The van der Waals surface area contributed by atoms with Crippen LogP contribution in [0.25, 0.3) is 0 Å². The van der Waals surface area contributed by atoms with Gasteiger partial charge in [-0.05, 0) is 24.6 Å². The average molecular weight is 306 g/mol. The molecule has 6 heteroatoms. The summed E-state index contributed by atoms with van der Waals surface area (Å²) in [5, 5.41) is 8.66. The molecule has 0 saturated heterocycles. The molecular formula is C11H7BrF3NO. The monoisotopic (exact) mass is 305 g/mol. The van der Waals surface area contributed by atoms with E-state index < -0.39 is 17.5 Å². The van der Waals surface area contributed by atoms with E-state index in [1.807, 2.05) is 0 Å². The molecule has 0 amide bonds. The molecule has 0 saturated carbocycles. The molecule has 0 aliphatic rings. The lowest BCUT2D eigenvalue weighted by atomic mass is 9.97. The summed E-state index contributed by atoms with van der Waals surface area (Å²) in [6.45, 7) is 1.26. The molecule has 0 aliphatic heterocycles. The molecule has 1 aromatic rings. The molecule has 17 heavy (non-hydrogen) atoms. The highest BCUT2D eigenvalue weighted by Crippen LogP contribution is 2.33. The first-order valence-corrected chi connectivity index (χ1v) is 5.64. The first-order chi connectivity index (χ1) is 7.81. The third kappa shape index (κ3) is 2.86. The summed E-state index contributed by atoms with van der Waals surface area (Å²) in [5.74, 6) is -0.549. The average Bonchev–Trinajstić information content (AvgIpc) is 2.25. The first kappa shape index (κ1) is 13.7. The van der Waals surface area contributed by atoms with Crippen molar-refractivity contribution in [2.24, 2.45) is 0 Å². The van der Waals surface area contributed by atoms with Gasteiger partial charge in [0.1, 0.15) is 0 Å². The molecule has 1 aromatic carbocycles. The summed E-state index contributed by atoms with van der Waals surface area (Å²) in [7, 11) is 0. The molecule has 0 aromatic heterocycles. The fourth-order valence-corrected chi connectivity index (χ4v) is 1.71. The zero-order chi connectivity index (χ0) is 13.2. The Hall–Kier alpha value is -1.35. The maximum atomic E-state index is 12.6. The van der Waals surface area contributed by atoms with Crippen LogP contribution in [-0.4, -0.2) is 11.1 Å². The van der Waals surface area contributed by atoms with Crippen molar-refractivity contribution in [3.8, 4) is 6.07 Å². The first-order valence-electron chi connectivity index (χ1n) is 4.52. The Labute approximate surface area is 104 Å². The minimum absolute atomic E-state index is 0.0417. The maximum absolute atomic E-state index is 12.6. The van der Waals surface area contributed by atoms with Gasteiger partial charge in [0, 0.05) is 5.56 Å². The van der Waals surface area contributed by atoms with Gasteiger partial charge in [-0.3, -0.25) is 4.79 Å². The van der Waals surface area contributed by atoms with Gasteiger partial charge < -0.3 is 0 Å². The number of Topliss-reactive ketones (excluding diaryl/α,β-unsaturated/α-hetero) is 1. The normalized spacial score (nSPS) is 11.1. The predicted molar refractivity (Wildman–Crippen MR) is 59.0 cm³/mol. The van der Waals surface area contributed by atoms with Gasteiger partial charge in [-0.15, -0.1) is 0 Å². The third-order valence-electron chi connectivity index (χ3n) is 2.21. The van der Waals surface area contributed by atoms with Crippen molar-refractivity contribution in [1.29, 1.82) is 5.26 Å². The van der Waals surface area contributed by atoms with E-state index in [2.05, 4.69) is 15.9 Å². The molecule has 0 N–H and O–H groups in total. The second kappa shape index (κ2) is 4.88. The number of carbonyl (C=O) groups excluding carboxylic acids is 1. The van der Waals surface area contributed by atoms with Gasteiger partial charge in [0.05, 0.1) is 22.5 Å². The second-order valence-corrected chi connectivity index (χ2v) is 3.94. The number of benzene rings is 1. The zero-order valence-electron chi connectivity index (χ0n) is 8.73. The number of aryl methyl sites for hydroxylation is 1. The van der Waals surface area contributed by atoms with Crippen molar-refractivity contribution in [2.75, 3.05) is 5.33 Å². The van der Waals surface area contributed by atoms with Gasteiger partial charge in [0.2, 0.25) is 0 Å². The third-order valence-corrected chi connectivity index (χ3v) is 2.72. The number of rotatable bonds is 2. The number of nitriles is 1. The van der Waals surface area contributed by atoms with Gasteiger partial charge in [0.25, 0.3) is 0 Å². The van der Waals surface area contributed by atoms with Crippen LogP contribution in [0.5, 0.6) is 0 Å². The highest BCUT2D eigenvalue weighted by atomic mass is 79.9. The van der Waals surface area contributed by atoms with Crippen LogP contribution < -0.4 is 0 Å². The number of nitrogens with zero attached hydrogens (tertiary/aromatic N) is 1. The molecule has 0 unspecified atom stereocenters. The van der Waals surface area contributed by atoms with E-state index >= 15 is 0 Å². The van der Waals surface area contributed by atoms with Crippen LogP contribution in [0.3, 0.4) is 0 Å². The minimum Gasteiger partial charge on any atom is -0.293 e.